The number of hydrogen-bond acceptors (Lipinski definition) is 6. The predicted molar refractivity (Wildman–Crippen MR) is 149 cm³/mol. The molecule has 11 heteroatoms. The molecule has 2 aliphatic heterocycles. The van der Waals surface area contributed by atoms with Gasteiger partial charge in [0.15, 0.2) is 0 Å². The normalized spacial score (nSPS) is 22.2. The monoisotopic (exact) mass is 544 g/mol. The molecule has 1 aromatic carbocycles. The number of carbonyl (C=O) groups excluding carboxylic acids is 4. The van der Waals surface area contributed by atoms with E-state index in [4.69, 9.17) is 4.74 Å². The molecule has 2 aliphatic rings. The summed E-state index contributed by atoms with van der Waals surface area (Å²) in [5.74, 6) is -0.534. The molecule has 3 N–H and O–H groups in total. The quantitative estimate of drug-likeness (QED) is 0.484. The van der Waals surface area contributed by atoms with Crippen LogP contribution in [0.25, 0.3) is 0 Å². The molecule has 11 nitrogen and oxygen atoms in total. The fourth-order valence-corrected chi connectivity index (χ4v) is 5.13. The Balaban J connectivity index is 1.89. The summed E-state index contributed by atoms with van der Waals surface area (Å²) in [4.78, 5) is 57.9. The fourth-order valence-electron chi connectivity index (χ4n) is 5.13. The Hall–Kier alpha value is -3.34. The topological polar surface area (TPSA) is 123 Å². The predicted octanol–water partition coefficient (Wildman–Crippen LogP) is 2.17. The van der Waals surface area contributed by atoms with Gasteiger partial charge in [-0.25, -0.2) is 9.59 Å². The Morgan fingerprint density at radius 3 is 2.23 bits per heavy atom. The van der Waals surface area contributed by atoms with Gasteiger partial charge in [0, 0.05) is 25.3 Å². The van der Waals surface area contributed by atoms with Gasteiger partial charge in [-0.2, -0.15) is 0 Å². The standard InChI is InChI=1S/C28H44N6O5/c1-17(2)30-26(37)34-16-21(39-27(38)32(8)19-12-10-9-11-13-19)22-20(34)14-15-33(22)25(36)23(28(4,5)6)31-24(35)18(3)29-7/h9-13,17-18,20-23,29H,14-16H2,1-8H3,(H,30,37)(H,31,35)/t18-,20+,21-,22-,23+/m0/s1. The second kappa shape index (κ2) is 12.2. The van der Waals surface area contributed by atoms with Crippen LogP contribution in [-0.2, 0) is 14.3 Å². The molecule has 5 amide bonds. The number of para-hydroxylation sites is 1. The molecule has 0 bridgehead atoms. The summed E-state index contributed by atoms with van der Waals surface area (Å²) in [7, 11) is 3.31. The summed E-state index contributed by atoms with van der Waals surface area (Å²) in [5, 5.41) is 8.75. The molecule has 39 heavy (non-hydrogen) atoms. The first-order valence-corrected chi connectivity index (χ1v) is 13.6. The van der Waals surface area contributed by atoms with Gasteiger partial charge in [-0.3, -0.25) is 14.5 Å². The smallest absolute Gasteiger partial charge is 0.414 e. The van der Waals surface area contributed by atoms with E-state index in [1.54, 1.807) is 43.0 Å². The lowest BCUT2D eigenvalue weighted by Gasteiger charge is -2.37. The highest BCUT2D eigenvalue weighted by atomic mass is 16.6. The minimum atomic E-state index is -0.804. The third kappa shape index (κ3) is 6.81. The van der Waals surface area contributed by atoms with Crippen LogP contribution in [0, 0.1) is 5.41 Å². The van der Waals surface area contributed by atoms with Crippen LogP contribution < -0.4 is 20.9 Å². The van der Waals surface area contributed by atoms with Gasteiger partial charge in [0.1, 0.15) is 12.1 Å². The summed E-state index contributed by atoms with van der Waals surface area (Å²) in [6, 6.07) is 6.66. The van der Waals surface area contributed by atoms with Gasteiger partial charge in [-0.05, 0) is 51.8 Å². The van der Waals surface area contributed by atoms with Crippen LogP contribution >= 0.6 is 0 Å². The van der Waals surface area contributed by atoms with Gasteiger partial charge in [0.25, 0.3) is 0 Å². The molecule has 3 rings (SSSR count). The van der Waals surface area contributed by atoms with Crippen molar-refractivity contribution in [2.24, 2.45) is 5.41 Å². The Morgan fingerprint density at radius 1 is 1.03 bits per heavy atom. The molecule has 0 aliphatic carbocycles. The molecule has 2 fully saturated rings. The third-order valence-electron chi connectivity index (χ3n) is 7.43. The van der Waals surface area contributed by atoms with Gasteiger partial charge < -0.3 is 30.5 Å². The SMILES string of the molecule is CN[C@@H](C)C(=O)N[C@H](C(=O)N1CC[C@@H]2[C@H]1[C@@H](OC(=O)N(C)c1ccccc1)CN2C(=O)NC(C)C)C(C)(C)C. The molecule has 216 valence electrons. The lowest BCUT2D eigenvalue weighted by atomic mass is 9.85. The average molecular weight is 545 g/mol. The molecule has 5 atom stereocenters. The number of nitrogens with zero attached hydrogens (tertiary/aromatic N) is 3. The van der Waals surface area contributed by atoms with Crippen LogP contribution in [0.15, 0.2) is 30.3 Å². The van der Waals surface area contributed by atoms with Crippen LogP contribution in [-0.4, -0.2) is 97.2 Å². The van der Waals surface area contributed by atoms with Gasteiger partial charge >= 0.3 is 12.1 Å². The maximum absolute atomic E-state index is 14.0. The number of likely N-dealkylation sites (tertiary alicyclic amines) is 2. The number of carbonyl (C=O) groups is 4. The van der Waals surface area contributed by atoms with E-state index in [0.717, 1.165) is 0 Å². The third-order valence-corrected chi connectivity index (χ3v) is 7.43. The Kier molecular flexibility index (Phi) is 9.47. The lowest BCUT2D eigenvalue weighted by molar-refractivity contribution is -0.141. The largest absolute Gasteiger partial charge is 0.442 e. The number of anilines is 1. The van der Waals surface area contributed by atoms with Crippen LogP contribution in [0.2, 0.25) is 0 Å². The van der Waals surface area contributed by atoms with E-state index < -0.39 is 35.7 Å². The first kappa shape index (κ1) is 30.2. The molecular weight excluding hydrogens is 500 g/mol. The van der Waals surface area contributed by atoms with Gasteiger partial charge in [-0.1, -0.05) is 39.0 Å². The van der Waals surface area contributed by atoms with Gasteiger partial charge in [0.2, 0.25) is 11.8 Å². The van der Waals surface area contributed by atoms with E-state index in [2.05, 4.69) is 16.0 Å². The zero-order valence-electron chi connectivity index (χ0n) is 24.4. The van der Waals surface area contributed by atoms with Crippen LogP contribution in [0.1, 0.15) is 48.0 Å². The number of likely N-dealkylation sites (N-methyl/N-ethyl adjacent to an activating group) is 1. The molecule has 0 spiro atoms. The number of rotatable bonds is 7. The Morgan fingerprint density at radius 2 is 1.67 bits per heavy atom. The summed E-state index contributed by atoms with van der Waals surface area (Å²) >= 11 is 0. The van der Waals surface area contributed by atoms with Crippen molar-refractivity contribution in [3.63, 3.8) is 0 Å². The van der Waals surface area contributed by atoms with Crippen molar-refractivity contribution in [1.29, 1.82) is 0 Å². The van der Waals surface area contributed by atoms with E-state index in [1.165, 1.54) is 4.90 Å². The number of ether oxygens (including phenoxy) is 1. The molecule has 2 saturated heterocycles. The van der Waals surface area contributed by atoms with Crippen LogP contribution in [0.5, 0.6) is 0 Å². The second-order valence-electron chi connectivity index (χ2n) is 11.8. The van der Waals surface area contributed by atoms with E-state index in [0.29, 0.717) is 18.7 Å². The lowest BCUT2D eigenvalue weighted by Crippen LogP contribution is -2.59. The number of fused-ring (bicyclic) bond motifs is 1. The van der Waals surface area contributed by atoms with Crippen molar-refractivity contribution in [2.75, 3.05) is 32.1 Å². The molecule has 2 heterocycles. The first-order chi connectivity index (χ1) is 18.3. The zero-order chi connectivity index (χ0) is 29.1. The average Bonchev–Trinajstić information content (AvgIpc) is 3.46. The number of amides is 5. The van der Waals surface area contributed by atoms with Crippen molar-refractivity contribution in [1.82, 2.24) is 25.8 Å². The highest BCUT2D eigenvalue weighted by molar-refractivity contribution is 5.91. The molecular formula is C28H44N6O5. The van der Waals surface area contributed by atoms with Gasteiger partial charge in [-0.15, -0.1) is 0 Å². The molecule has 0 unspecified atom stereocenters. The van der Waals surface area contributed by atoms with Crippen molar-refractivity contribution in [2.45, 2.75) is 84.3 Å². The van der Waals surface area contributed by atoms with E-state index >= 15 is 0 Å². The van der Waals surface area contributed by atoms with E-state index in [9.17, 15) is 19.2 Å². The molecule has 0 aromatic heterocycles. The van der Waals surface area contributed by atoms with Crippen molar-refractivity contribution < 1.29 is 23.9 Å². The van der Waals surface area contributed by atoms with Crippen molar-refractivity contribution in [3.8, 4) is 0 Å². The molecule has 0 radical (unpaired) electrons. The maximum Gasteiger partial charge on any atom is 0.414 e. The van der Waals surface area contributed by atoms with E-state index in [-0.39, 0.29) is 36.5 Å². The Labute approximate surface area is 231 Å². The number of hydrogen-bond donors (Lipinski definition) is 3. The first-order valence-electron chi connectivity index (χ1n) is 13.6. The summed E-state index contributed by atoms with van der Waals surface area (Å²) < 4.78 is 5.98. The van der Waals surface area contributed by atoms with Crippen molar-refractivity contribution >= 4 is 29.6 Å². The summed E-state index contributed by atoms with van der Waals surface area (Å²) in [6.07, 6.45) is -0.758. The maximum atomic E-state index is 14.0. The molecule has 0 saturated carbocycles. The number of urea groups is 1. The van der Waals surface area contributed by atoms with Crippen LogP contribution in [0.4, 0.5) is 15.3 Å². The minimum Gasteiger partial charge on any atom is -0.442 e. The summed E-state index contributed by atoms with van der Waals surface area (Å²) in [6.45, 7) is 11.7. The number of nitrogens with one attached hydrogen (secondary N) is 3. The minimum absolute atomic E-state index is 0.0736. The fraction of sp³-hybridized carbons (Fsp3) is 0.643. The highest BCUT2D eigenvalue weighted by Crippen LogP contribution is 2.36. The number of benzene rings is 1. The zero-order valence-corrected chi connectivity index (χ0v) is 24.4. The van der Waals surface area contributed by atoms with Crippen molar-refractivity contribution in [3.05, 3.63) is 30.3 Å². The second-order valence-corrected chi connectivity index (χ2v) is 11.8. The molecule has 1 aromatic rings. The van der Waals surface area contributed by atoms with Gasteiger partial charge in [0.05, 0.1) is 24.7 Å². The Bertz CT molecular complexity index is 1040. The van der Waals surface area contributed by atoms with E-state index in [1.807, 2.05) is 52.8 Å². The highest BCUT2D eigenvalue weighted by Gasteiger charge is 2.55. The summed E-state index contributed by atoms with van der Waals surface area (Å²) in [5.41, 5.74) is 0.0886. The van der Waals surface area contributed by atoms with Crippen LogP contribution in [0.3, 0.4) is 0 Å².